The highest BCUT2D eigenvalue weighted by Crippen LogP contribution is 2.35. The predicted molar refractivity (Wildman–Crippen MR) is 128 cm³/mol. The van der Waals surface area contributed by atoms with Gasteiger partial charge in [0.25, 0.3) is 0 Å². The number of ether oxygens (including phenoxy) is 2. The summed E-state index contributed by atoms with van der Waals surface area (Å²) in [4.78, 5) is 26.0. The van der Waals surface area contributed by atoms with E-state index in [9.17, 15) is 9.59 Å². The number of hydrogen-bond acceptors (Lipinski definition) is 4. The van der Waals surface area contributed by atoms with Crippen LogP contribution in [0.4, 0.5) is 0 Å². The molecule has 4 heteroatoms. The van der Waals surface area contributed by atoms with E-state index in [0.717, 1.165) is 64.2 Å². The standard InChI is InChI=1S/C27H48O4/c1-4-7-10-11-12-13-14-15-20-24(26(28)30-21-8-5-2)25(23-18-16-17-19-23)27(29)31-22-9-6-3/h23H,4-22H2,1-3H3/b25-24-. The van der Waals surface area contributed by atoms with Crippen molar-refractivity contribution in [3.05, 3.63) is 11.1 Å². The van der Waals surface area contributed by atoms with Crippen molar-refractivity contribution >= 4 is 11.9 Å². The maximum Gasteiger partial charge on any atom is 0.334 e. The van der Waals surface area contributed by atoms with Crippen LogP contribution < -0.4 is 0 Å². The third-order valence-corrected chi connectivity index (χ3v) is 6.30. The van der Waals surface area contributed by atoms with Crippen LogP contribution in [0.1, 0.15) is 130 Å². The zero-order chi connectivity index (χ0) is 22.7. The summed E-state index contributed by atoms with van der Waals surface area (Å²) in [5.74, 6) is -0.412. The van der Waals surface area contributed by atoms with Crippen molar-refractivity contribution in [1.29, 1.82) is 0 Å². The summed E-state index contributed by atoms with van der Waals surface area (Å²) in [6.45, 7) is 7.27. The lowest BCUT2D eigenvalue weighted by molar-refractivity contribution is -0.143. The minimum absolute atomic E-state index is 0.150. The molecule has 0 N–H and O–H groups in total. The Morgan fingerprint density at radius 3 is 1.68 bits per heavy atom. The topological polar surface area (TPSA) is 52.6 Å². The van der Waals surface area contributed by atoms with Crippen molar-refractivity contribution in [3.63, 3.8) is 0 Å². The molecule has 0 unspecified atom stereocenters. The first-order chi connectivity index (χ1) is 15.2. The lowest BCUT2D eigenvalue weighted by Gasteiger charge is -2.19. The Morgan fingerprint density at radius 2 is 1.13 bits per heavy atom. The maximum atomic E-state index is 13.0. The fourth-order valence-electron chi connectivity index (χ4n) is 4.32. The molecular weight excluding hydrogens is 388 g/mol. The van der Waals surface area contributed by atoms with Gasteiger partial charge in [-0.3, -0.25) is 0 Å². The van der Waals surface area contributed by atoms with Crippen molar-refractivity contribution in [2.75, 3.05) is 13.2 Å². The van der Waals surface area contributed by atoms with Gasteiger partial charge in [-0.15, -0.1) is 0 Å². The van der Waals surface area contributed by atoms with Gasteiger partial charge in [0.2, 0.25) is 0 Å². The van der Waals surface area contributed by atoms with Crippen LogP contribution in [-0.4, -0.2) is 25.2 Å². The van der Waals surface area contributed by atoms with Crippen LogP contribution in [0.25, 0.3) is 0 Å². The fraction of sp³-hybridized carbons (Fsp3) is 0.852. The first kappa shape index (κ1) is 27.7. The van der Waals surface area contributed by atoms with Crippen molar-refractivity contribution in [2.45, 2.75) is 130 Å². The van der Waals surface area contributed by atoms with Gasteiger partial charge in [-0.2, -0.15) is 0 Å². The Kier molecular flexibility index (Phi) is 16.3. The SMILES string of the molecule is CCCCCCCCCC/C(C(=O)OCCCC)=C(/C(=O)OCCCC)C1CCCC1. The molecule has 0 spiro atoms. The van der Waals surface area contributed by atoms with Gasteiger partial charge in [-0.1, -0.05) is 91.4 Å². The van der Waals surface area contributed by atoms with Gasteiger partial charge in [-0.05, 0) is 44.4 Å². The van der Waals surface area contributed by atoms with Crippen molar-refractivity contribution in [3.8, 4) is 0 Å². The predicted octanol–water partition coefficient (Wildman–Crippen LogP) is 7.69. The summed E-state index contributed by atoms with van der Waals surface area (Å²) in [5.41, 5.74) is 1.24. The van der Waals surface area contributed by atoms with Crippen LogP contribution in [0.2, 0.25) is 0 Å². The molecule has 0 atom stereocenters. The molecule has 0 bridgehead atoms. The van der Waals surface area contributed by atoms with E-state index in [4.69, 9.17) is 9.47 Å². The van der Waals surface area contributed by atoms with Gasteiger partial charge in [0, 0.05) is 5.57 Å². The van der Waals surface area contributed by atoms with Crippen LogP contribution in [-0.2, 0) is 19.1 Å². The molecular formula is C27H48O4. The number of carbonyl (C=O) groups is 2. The van der Waals surface area contributed by atoms with E-state index in [1.165, 1.54) is 38.5 Å². The second kappa shape index (κ2) is 18.3. The van der Waals surface area contributed by atoms with Gasteiger partial charge in [0.15, 0.2) is 0 Å². The lowest BCUT2D eigenvalue weighted by atomic mass is 9.90. The molecule has 1 saturated carbocycles. The molecule has 0 saturated heterocycles. The molecule has 180 valence electrons. The maximum absolute atomic E-state index is 13.0. The highest BCUT2D eigenvalue weighted by atomic mass is 16.5. The summed E-state index contributed by atoms with van der Waals surface area (Å²) in [5, 5.41) is 0. The second-order valence-corrected chi connectivity index (χ2v) is 9.08. The van der Waals surface area contributed by atoms with E-state index in [1.54, 1.807) is 0 Å². The molecule has 4 nitrogen and oxygen atoms in total. The normalized spacial score (nSPS) is 15.1. The molecule has 0 radical (unpaired) electrons. The molecule has 1 aliphatic carbocycles. The minimum Gasteiger partial charge on any atom is -0.462 e. The first-order valence-corrected chi connectivity index (χ1v) is 13.2. The number of carbonyl (C=O) groups excluding carboxylic acids is 2. The Labute approximate surface area is 191 Å². The van der Waals surface area contributed by atoms with Crippen LogP contribution in [0.15, 0.2) is 11.1 Å². The summed E-state index contributed by atoms with van der Waals surface area (Å²) in [6, 6.07) is 0. The third kappa shape index (κ3) is 11.8. The lowest BCUT2D eigenvalue weighted by Crippen LogP contribution is -2.22. The monoisotopic (exact) mass is 436 g/mol. The average Bonchev–Trinajstić information content (AvgIpc) is 3.29. The molecule has 0 amide bonds. The minimum atomic E-state index is -0.286. The van der Waals surface area contributed by atoms with Gasteiger partial charge in [0.1, 0.15) is 0 Å². The first-order valence-electron chi connectivity index (χ1n) is 13.2. The molecule has 31 heavy (non-hydrogen) atoms. The van der Waals surface area contributed by atoms with E-state index < -0.39 is 0 Å². The number of esters is 2. The zero-order valence-electron chi connectivity index (χ0n) is 20.6. The van der Waals surface area contributed by atoms with Gasteiger partial charge in [0.05, 0.1) is 18.8 Å². The highest BCUT2D eigenvalue weighted by molar-refractivity contribution is 6.00. The fourth-order valence-corrected chi connectivity index (χ4v) is 4.32. The molecule has 0 aromatic heterocycles. The van der Waals surface area contributed by atoms with E-state index in [-0.39, 0.29) is 17.9 Å². The third-order valence-electron chi connectivity index (χ3n) is 6.30. The van der Waals surface area contributed by atoms with E-state index in [1.807, 2.05) is 0 Å². The Morgan fingerprint density at radius 1 is 0.645 bits per heavy atom. The molecule has 0 heterocycles. The van der Waals surface area contributed by atoms with Crippen LogP contribution in [0.3, 0.4) is 0 Å². The van der Waals surface area contributed by atoms with Crippen molar-refractivity contribution in [1.82, 2.24) is 0 Å². The summed E-state index contributed by atoms with van der Waals surface area (Å²) in [7, 11) is 0. The van der Waals surface area contributed by atoms with Gasteiger partial charge in [-0.25, -0.2) is 9.59 Å². The van der Waals surface area contributed by atoms with E-state index in [0.29, 0.717) is 30.8 Å². The summed E-state index contributed by atoms with van der Waals surface area (Å²) >= 11 is 0. The second-order valence-electron chi connectivity index (χ2n) is 9.08. The van der Waals surface area contributed by atoms with E-state index >= 15 is 0 Å². The van der Waals surface area contributed by atoms with Gasteiger partial charge >= 0.3 is 11.9 Å². The smallest absolute Gasteiger partial charge is 0.334 e. The summed E-state index contributed by atoms with van der Waals surface area (Å²) in [6.07, 6.45) is 18.2. The Balaban J connectivity index is 2.83. The molecule has 0 aliphatic heterocycles. The van der Waals surface area contributed by atoms with Crippen molar-refractivity contribution < 1.29 is 19.1 Å². The number of hydrogen-bond donors (Lipinski definition) is 0. The van der Waals surface area contributed by atoms with E-state index in [2.05, 4.69) is 20.8 Å². The molecule has 0 aromatic carbocycles. The zero-order valence-corrected chi connectivity index (χ0v) is 20.6. The number of rotatable bonds is 18. The Hall–Kier alpha value is -1.32. The quantitative estimate of drug-likeness (QED) is 0.125. The summed E-state index contributed by atoms with van der Waals surface area (Å²) < 4.78 is 11.2. The molecule has 0 aromatic rings. The molecule has 1 fully saturated rings. The van der Waals surface area contributed by atoms with Crippen LogP contribution >= 0.6 is 0 Å². The highest BCUT2D eigenvalue weighted by Gasteiger charge is 2.31. The molecule has 1 aliphatic rings. The Bertz CT molecular complexity index is 517. The number of unbranched alkanes of at least 4 members (excludes halogenated alkanes) is 9. The largest absolute Gasteiger partial charge is 0.462 e. The van der Waals surface area contributed by atoms with Crippen molar-refractivity contribution in [2.24, 2.45) is 5.92 Å². The average molecular weight is 437 g/mol. The van der Waals surface area contributed by atoms with Crippen LogP contribution in [0, 0.1) is 5.92 Å². The molecule has 1 rings (SSSR count). The van der Waals surface area contributed by atoms with Gasteiger partial charge < -0.3 is 9.47 Å². The van der Waals surface area contributed by atoms with Crippen LogP contribution in [0.5, 0.6) is 0 Å².